The number of rotatable bonds is 5. The van der Waals surface area contributed by atoms with Crippen molar-refractivity contribution in [2.45, 2.75) is 19.4 Å². The first-order chi connectivity index (χ1) is 11.1. The highest BCUT2D eigenvalue weighted by Crippen LogP contribution is 2.22. The van der Waals surface area contributed by atoms with E-state index < -0.39 is 6.10 Å². The first kappa shape index (κ1) is 15.5. The number of benzene rings is 3. The van der Waals surface area contributed by atoms with Gasteiger partial charge in [-0.3, -0.25) is 0 Å². The monoisotopic (exact) mass is 309 g/mol. The van der Waals surface area contributed by atoms with Crippen molar-refractivity contribution >= 4 is 16.5 Å². The molecule has 0 aliphatic carbocycles. The molecule has 0 radical (unpaired) electrons. The van der Waals surface area contributed by atoms with Crippen LogP contribution < -0.4 is 5.32 Å². The Morgan fingerprint density at radius 1 is 1.00 bits per heavy atom. The minimum atomic E-state index is -0.539. The van der Waals surface area contributed by atoms with Gasteiger partial charge in [-0.1, -0.05) is 42.5 Å². The number of aliphatic hydroxyl groups excluding tert-OH is 1. The number of fused-ring (bicyclic) bond motifs is 1. The van der Waals surface area contributed by atoms with Gasteiger partial charge in [-0.2, -0.15) is 0 Å². The maximum absolute atomic E-state index is 13.5. The highest BCUT2D eigenvalue weighted by atomic mass is 19.1. The highest BCUT2D eigenvalue weighted by molar-refractivity contribution is 5.83. The standard InChI is InChI=1S/C20H20FNO/c1-14-6-9-18(13-19(14)21)22-11-10-20(23)17-8-7-15-4-2-3-5-16(15)12-17/h2-9,12-13,20,22-23H,10-11H2,1H3. The maximum atomic E-state index is 13.5. The largest absolute Gasteiger partial charge is 0.388 e. The lowest BCUT2D eigenvalue weighted by molar-refractivity contribution is 0.172. The Kier molecular flexibility index (Phi) is 4.58. The van der Waals surface area contributed by atoms with Crippen LogP contribution in [0.25, 0.3) is 10.8 Å². The summed E-state index contributed by atoms with van der Waals surface area (Å²) in [6.07, 6.45) is 0.0239. The molecule has 0 saturated carbocycles. The van der Waals surface area contributed by atoms with Gasteiger partial charge in [-0.25, -0.2) is 4.39 Å². The summed E-state index contributed by atoms with van der Waals surface area (Å²) in [5.74, 6) is -0.218. The molecule has 2 nitrogen and oxygen atoms in total. The fourth-order valence-corrected chi connectivity index (χ4v) is 2.64. The van der Waals surface area contributed by atoms with Crippen molar-refractivity contribution in [1.29, 1.82) is 0 Å². The number of anilines is 1. The fourth-order valence-electron chi connectivity index (χ4n) is 2.64. The summed E-state index contributed by atoms with van der Waals surface area (Å²) in [4.78, 5) is 0. The van der Waals surface area contributed by atoms with Crippen LogP contribution in [0, 0.1) is 12.7 Å². The lowest BCUT2D eigenvalue weighted by atomic mass is 10.0. The Bertz CT molecular complexity index is 816. The topological polar surface area (TPSA) is 32.3 Å². The van der Waals surface area contributed by atoms with Gasteiger partial charge in [0.25, 0.3) is 0 Å². The quantitative estimate of drug-likeness (QED) is 0.708. The molecule has 0 heterocycles. The van der Waals surface area contributed by atoms with Crippen LogP contribution in [0.2, 0.25) is 0 Å². The van der Waals surface area contributed by atoms with Crippen molar-refractivity contribution in [3.8, 4) is 0 Å². The lowest BCUT2D eigenvalue weighted by Gasteiger charge is -2.13. The molecule has 1 atom stereocenters. The predicted octanol–water partition coefficient (Wildman–Crippen LogP) is 4.82. The molecule has 0 spiro atoms. The summed E-state index contributed by atoms with van der Waals surface area (Å²) in [5, 5.41) is 15.8. The molecule has 1 unspecified atom stereocenters. The third-order valence-corrected chi connectivity index (χ3v) is 4.08. The molecular weight excluding hydrogens is 289 g/mol. The second kappa shape index (κ2) is 6.80. The number of hydrogen-bond acceptors (Lipinski definition) is 2. The second-order valence-electron chi connectivity index (χ2n) is 5.80. The number of hydrogen-bond donors (Lipinski definition) is 2. The molecule has 0 amide bonds. The van der Waals surface area contributed by atoms with Gasteiger partial charge >= 0.3 is 0 Å². The van der Waals surface area contributed by atoms with Gasteiger partial charge in [0.1, 0.15) is 5.82 Å². The van der Waals surface area contributed by atoms with Crippen molar-refractivity contribution in [3.63, 3.8) is 0 Å². The molecule has 2 N–H and O–H groups in total. The number of nitrogens with one attached hydrogen (secondary N) is 1. The number of aryl methyl sites for hydroxylation is 1. The van der Waals surface area contributed by atoms with Crippen LogP contribution in [0.1, 0.15) is 23.7 Å². The summed E-state index contributed by atoms with van der Waals surface area (Å²) in [7, 11) is 0. The van der Waals surface area contributed by atoms with Gasteiger partial charge in [0.2, 0.25) is 0 Å². The van der Waals surface area contributed by atoms with Crippen LogP contribution in [0.15, 0.2) is 60.7 Å². The van der Waals surface area contributed by atoms with E-state index in [9.17, 15) is 9.50 Å². The van der Waals surface area contributed by atoms with E-state index in [1.165, 1.54) is 6.07 Å². The van der Waals surface area contributed by atoms with Gasteiger partial charge < -0.3 is 10.4 Å². The van der Waals surface area contributed by atoms with Crippen molar-refractivity contribution in [2.75, 3.05) is 11.9 Å². The Hall–Kier alpha value is -2.39. The molecule has 3 heteroatoms. The zero-order valence-corrected chi connectivity index (χ0v) is 13.1. The van der Waals surface area contributed by atoms with Crippen molar-refractivity contribution < 1.29 is 9.50 Å². The summed E-state index contributed by atoms with van der Waals surface area (Å²) in [6.45, 7) is 2.32. The molecule has 0 aliphatic rings. The average Bonchev–Trinajstić information content (AvgIpc) is 2.57. The smallest absolute Gasteiger partial charge is 0.128 e. The molecule has 0 bridgehead atoms. The van der Waals surface area contributed by atoms with E-state index in [1.54, 1.807) is 13.0 Å². The van der Waals surface area contributed by atoms with E-state index in [4.69, 9.17) is 0 Å². The Morgan fingerprint density at radius 3 is 2.57 bits per heavy atom. The highest BCUT2D eigenvalue weighted by Gasteiger charge is 2.08. The normalized spacial score (nSPS) is 12.3. The third-order valence-electron chi connectivity index (χ3n) is 4.08. The van der Waals surface area contributed by atoms with E-state index in [0.717, 1.165) is 22.0 Å². The van der Waals surface area contributed by atoms with Gasteiger partial charge in [0.05, 0.1) is 6.10 Å². The molecule has 0 aliphatic heterocycles. The van der Waals surface area contributed by atoms with E-state index in [0.29, 0.717) is 18.5 Å². The number of aliphatic hydroxyl groups is 1. The van der Waals surface area contributed by atoms with Crippen molar-refractivity contribution in [2.24, 2.45) is 0 Å². The van der Waals surface area contributed by atoms with Crippen LogP contribution in [0.4, 0.5) is 10.1 Å². The zero-order chi connectivity index (χ0) is 16.2. The minimum Gasteiger partial charge on any atom is -0.388 e. The Labute approximate surface area is 135 Å². The van der Waals surface area contributed by atoms with Crippen molar-refractivity contribution in [3.05, 3.63) is 77.6 Å². The third kappa shape index (κ3) is 3.69. The summed E-state index contributed by atoms with van der Waals surface area (Å²) in [6, 6.07) is 19.2. The zero-order valence-electron chi connectivity index (χ0n) is 13.1. The van der Waals surface area contributed by atoms with E-state index in [1.807, 2.05) is 42.5 Å². The van der Waals surface area contributed by atoms with Crippen LogP contribution >= 0.6 is 0 Å². The van der Waals surface area contributed by atoms with Gasteiger partial charge in [-0.05, 0) is 53.4 Å². The number of halogens is 1. The van der Waals surface area contributed by atoms with Crippen molar-refractivity contribution in [1.82, 2.24) is 0 Å². The van der Waals surface area contributed by atoms with E-state index in [-0.39, 0.29) is 5.82 Å². The molecule has 0 saturated heterocycles. The molecule has 23 heavy (non-hydrogen) atoms. The van der Waals surface area contributed by atoms with Crippen LogP contribution in [-0.2, 0) is 0 Å². The minimum absolute atomic E-state index is 0.218. The Morgan fingerprint density at radius 2 is 1.78 bits per heavy atom. The van der Waals surface area contributed by atoms with E-state index in [2.05, 4.69) is 11.4 Å². The lowest BCUT2D eigenvalue weighted by Crippen LogP contribution is -2.08. The van der Waals surface area contributed by atoms with Gasteiger partial charge in [-0.15, -0.1) is 0 Å². The van der Waals surface area contributed by atoms with Gasteiger partial charge in [0.15, 0.2) is 0 Å². The maximum Gasteiger partial charge on any atom is 0.128 e. The molecule has 118 valence electrons. The molecule has 0 fully saturated rings. The van der Waals surface area contributed by atoms with Crippen LogP contribution in [0.3, 0.4) is 0 Å². The molecule has 3 rings (SSSR count). The van der Waals surface area contributed by atoms with Crippen LogP contribution in [0.5, 0.6) is 0 Å². The summed E-state index contributed by atoms with van der Waals surface area (Å²) < 4.78 is 13.5. The molecular formula is C20H20FNO. The molecule has 3 aromatic carbocycles. The first-order valence-electron chi connectivity index (χ1n) is 7.80. The molecule has 3 aromatic rings. The summed E-state index contributed by atoms with van der Waals surface area (Å²) >= 11 is 0. The first-order valence-corrected chi connectivity index (χ1v) is 7.80. The Balaban J connectivity index is 1.61. The SMILES string of the molecule is Cc1ccc(NCCC(O)c2ccc3ccccc3c2)cc1F. The van der Waals surface area contributed by atoms with Gasteiger partial charge in [0, 0.05) is 12.2 Å². The molecule has 0 aromatic heterocycles. The second-order valence-corrected chi connectivity index (χ2v) is 5.80. The predicted molar refractivity (Wildman–Crippen MR) is 93.2 cm³/mol. The van der Waals surface area contributed by atoms with Crippen LogP contribution in [-0.4, -0.2) is 11.7 Å². The summed E-state index contributed by atoms with van der Waals surface area (Å²) in [5.41, 5.74) is 2.27. The fraction of sp³-hybridized carbons (Fsp3) is 0.200. The average molecular weight is 309 g/mol. The van der Waals surface area contributed by atoms with E-state index >= 15 is 0 Å².